The number of methoxy groups -OCH3 is 1. The fourth-order valence-corrected chi connectivity index (χ4v) is 0.843. The Bertz CT molecular complexity index is 76.4. The third-order valence-corrected chi connectivity index (χ3v) is 2.25. The van der Waals surface area contributed by atoms with Crippen molar-refractivity contribution >= 4 is 0 Å². The molecule has 0 saturated heterocycles. The summed E-state index contributed by atoms with van der Waals surface area (Å²) >= 11 is 0. The number of ether oxygens (including phenoxy) is 1. The van der Waals surface area contributed by atoms with Gasteiger partial charge in [-0.15, -0.1) is 0 Å². The molecule has 2 unspecified atom stereocenters. The Hall–Kier alpha value is -0.0800. The van der Waals surface area contributed by atoms with Crippen LogP contribution in [-0.2, 0) is 4.74 Å². The molecule has 0 heterocycles. The molecule has 0 fully saturated rings. The standard InChI is InChI=1S/C8H19NO.2C2H6/c1-6-9(4)7(2)8(3)10-5;2*1-2/h7-8H,6H2,1-5H3;2*1-2H3. The molecule has 0 rings (SSSR count). The van der Waals surface area contributed by atoms with Gasteiger partial charge in [0.25, 0.3) is 0 Å². The van der Waals surface area contributed by atoms with Gasteiger partial charge in [0.05, 0.1) is 6.10 Å². The van der Waals surface area contributed by atoms with Gasteiger partial charge in [-0.1, -0.05) is 34.6 Å². The molecule has 0 N–H and O–H groups in total. The normalized spacial score (nSPS) is 13.3. The lowest BCUT2D eigenvalue weighted by Gasteiger charge is -2.27. The Balaban J connectivity index is -0.000000266. The highest BCUT2D eigenvalue weighted by atomic mass is 16.5. The first kappa shape index (κ1) is 19.5. The highest BCUT2D eigenvalue weighted by Gasteiger charge is 2.13. The van der Waals surface area contributed by atoms with Gasteiger partial charge in [0.2, 0.25) is 0 Å². The number of rotatable bonds is 4. The predicted octanol–water partition coefficient (Wildman–Crippen LogP) is 3.41. The summed E-state index contributed by atoms with van der Waals surface area (Å²) in [5.41, 5.74) is 0. The maximum atomic E-state index is 5.19. The quantitative estimate of drug-likeness (QED) is 0.697. The lowest BCUT2D eigenvalue weighted by atomic mass is 10.2. The summed E-state index contributed by atoms with van der Waals surface area (Å²) < 4.78 is 5.19. The maximum absolute atomic E-state index is 5.19. The first-order valence-corrected chi connectivity index (χ1v) is 5.86. The van der Waals surface area contributed by atoms with Gasteiger partial charge in [-0.3, -0.25) is 0 Å². The number of likely N-dealkylation sites (N-methyl/N-ethyl adjacent to an activating group) is 1. The second-order valence-electron chi connectivity index (χ2n) is 2.75. The lowest BCUT2D eigenvalue weighted by molar-refractivity contribution is 0.0460. The van der Waals surface area contributed by atoms with Crippen molar-refractivity contribution in [3.05, 3.63) is 0 Å². The summed E-state index contributed by atoms with van der Waals surface area (Å²) in [4.78, 5) is 2.27. The Morgan fingerprint density at radius 2 is 1.43 bits per heavy atom. The molecule has 0 bridgehead atoms. The largest absolute Gasteiger partial charge is 0.380 e. The van der Waals surface area contributed by atoms with Gasteiger partial charge in [0, 0.05) is 13.2 Å². The second kappa shape index (κ2) is 15.4. The van der Waals surface area contributed by atoms with Gasteiger partial charge in [0.15, 0.2) is 0 Å². The number of hydrogen-bond donors (Lipinski definition) is 0. The Morgan fingerprint density at radius 3 is 1.64 bits per heavy atom. The van der Waals surface area contributed by atoms with E-state index in [9.17, 15) is 0 Å². The molecule has 0 aromatic rings. The minimum atomic E-state index is 0.324. The molecule has 0 saturated carbocycles. The van der Waals surface area contributed by atoms with Gasteiger partial charge in [-0.2, -0.15) is 0 Å². The van der Waals surface area contributed by atoms with Crippen LogP contribution in [0.4, 0.5) is 0 Å². The van der Waals surface area contributed by atoms with E-state index in [4.69, 9.17) is 4.74 Å². The van der Waals surface area contributed by atoms with Crippen molar-refractivity contribution in [2.45, 2.75) is 60.6 Å². The van der Waals surface area contributed by atoms with Gasteiger partial charge >= 0.3 is 0 Å². The van der Waals surface area contributed by atoms with Crippen LogP contribution in [0.15, 0.2) is 0 Å². The molecule has 0 spiro atoms. The zero-order chi connectivity index (χ0) is 12.1. The van der Waals surface area contributed by atoms with E-state index in [1.807, 2.05) is 27.7 Å². The smallest absolute Gasteiger partial charge is 0.0695 e. The Kier molecular flexibility index (Phi) is 21.4. The van der Waals surface area contributed by atoms with Crippen LogP contribution in [0.3, 0.4) is 0 Å². The zero-order valence-corrected chi connectivity index (χ0v) is 11.7. The lowest BCUT2D eigenvalue weighted by Crippen LogP contribution is -2.38. The zero-order valence-electron chi connectivity index (χ0n) is 11.7. The van der Waals surface area contributed by atoms with Crippen LogP contribution >= 0.6 is 0 Å². The molecule has 0 aromatic heterocycles. The summed E-state index contributed by atoms with van der Waals surface area (Å²) in [6, 6.07) is 0.509. The van der Waals surface area contributed by atoms with E-state index in [-0.39, 0.29) is 0 Å². The molecule has 0 amide bonds. The SMILES string of the molecule is CC.CC.CCN(C)C(C)C(C)OC. The fourth-order valence-electron chi connectivity index (χ4n) is 0.843. The molecule has 0 aliphatic rings. The Morgan fingerprint density at radius 1 is 1.07 bits per heavy atom. The summed E-state index contributed by atoms with van der Waals surface area (Å²) in [6.07, 6.45) is 0.324. The van der Waals surface area contributed by atoms with E-state index in [0.717, 1.165) is 6.54 Å². The molecule has 2 atom stereocenters. The minimum absolute atomic E-state index is 0.324. The van der Waals surface area contributed by atoms with E-state index in [1.165, 1.54) is 0 Å². The summed E-state index contributed by atoms with van der Waals surface area (Å²) in [5.74, 6) is 0. The maximum Gasteiger partial charge on any atom is 0.0695 e. The highest BCUT2D eigenvalue weighted by Crippen LogP contribution is 2.03. The van der Waals surface area contributed by atoms with Crippen molar-refractivity contribution in [2.24, 2.45) is 0 Å². The van der Waals surface area contributed by atoms with Crippen molar-refractivity contribution in [3.63, 3.8) is 0 Å². The molecule has 14 heavy (non-hydrogen) atoms. The topological polar surface area (TPSA) is 12.5 Å². The average molecular weight is 205 g/mol. The van der Waals surface area contributed by atoms with Crippen LogP contribution in [-0.4, -0.2) is 37.7 Å². The van der Waals surface area contributed by atoms with Gasteiger partial charge in [-0.25, -0.2) is 0 Å². The summed E-state index contributed by atoms with van der Waals surface area (Å²) in [5, 5.41) is 0. The second-order valence-corrected chi connectivity index (χ2v) is 2.75. The summed E-state index contributed by atoms with van der Waals surface area (Å²) in [6.45, 7) is 15.5. The van der Waals surface area contributed by atoms with E-state index < -0.39 is 0 Å². The van der Waals surface area contributed by atoms with Crippen LogP contribution in [0, 0.1) is 0 Å². The van der Waals surface area contributed by atoms with Crippen molar-refractivity contribution in [3.8, 4) is 0 Å². The highest BCUT2D eigenvalue weighted by molar-refractivity contribution is 4.68. The average Bonchev–Trinajstić information content (AvgIpc) is 2.31. The molecule has 0 radical (unpaired) electrons. The van der Waals surface area contributed by atoms with Crippen molar-refractivity contribution in [1.29, 1.82) is 0 Å². The Labute approximate surface area is 91.6 Å². The molecular formula is C12H31NO. The first-order valence-electron chi connectivity index (χ1n) is 5.86. The predicted molar refractivity (Wildman–Crippen MR) is 66.9 cm³/mol. The molecular weight excluding hydrogens is 174 g/mol. The van der Waals surface area contributed by atoms with Crippen LogP contribution in [0.2, 0.25) is 0 Å². The van der Waals surface area contributed by atoms with Crippen LogP contribution in [0.1, 0.15) is 48.5 Å². The van der Waals surface area contributed by atoms with Crippen molar-refractivity contribution in [1.82, 2.24) is 4.90 Å². The van der Waals surface area contributed by atoms with Gasteiger partial charge in [0.1, 0.15) is 0 Å². The molecule has 0 aliphatic heterocycles. The molecule has 0 aliphatic carbocycles. The monoisotopic (exact) mass is 205 g/mol. The van der Waals surface area contributed by atoms with E-state index >= 15 is 0 Å². The van der Waals surface area contributed by atoms with Crippen molar-refractivity contribution in [2.75, 3.05) is 20.7 Å². The van der Waals surface area contributed by atoms with Gasteiger partial charge in [-0.05, 0) is 27.4 Å². The van der Waals surface area contributed by atoms with E-state index in [0.29, 0.717) is 12.1 Å². The van der Waals surface area contributed by atoms with Gasteiger partial charge < -0.3 is 9.64 Å². The third-order valence-electron chi connectivity index (χ3n) is 2.25. The van der Waals surface area contributed by atoms with E-state index in [2.05, 4.69) is 32.7 Å². The fraction of sp³-hybridized carbons (Fsp3) is 1.00. The molecule has 0 aromatic carbocycles. The van der Waals surface area contributed by atoms with Crippen LogP contribution in [0.25, 0.3) is 0 Å². The number of hydrogen-bond acceptors (Lipinski definition) is 2. The van der Waals surface area contributed by atoms with Crippen LogP contribution in [0.5, 0.6) is 0 Å². The number of nitrogens with zero attached hydrogens (tertiary/aromatic N) is 1. The van der Waals surface area contributed by atoms with Crippen molar-refractivity contribution < 1.29 is 4.74 Å². The third kappa shape index (κ3) is 10.0. The molecule has 2 nitrogen and oxygen atoms in total. The van der Waals surface area contributed by atoms with E-state index in [1.54, 1.807) is 7.11 Å². The minimum Gasteiger partial charge on any atom is -0.380 e. The van der Waals surface area contributed by atoms with Crippen LogP contribution < -0.4 is 0 Å². The first-order chi connectivity index (χ1) is 6.63. The molecule has 90 valence electrons. The molecule has 2 heteroatoms. The summed E-state index contributed by atoms with van der Waals surface area (Å²) in [7, 11) is 3.87.